The third-order valence-electron chi connectivity index (χ3n) is 4.61. The summed E-state index contributed by atoms with van der Waals surface area (Å²) < 4.78 is 0. The Balaban J connectivity index is 2.54. The molecule has 0 aromatic carbocycles. The second-order valence-corrected chi connectivity index (χ2v) is 7.06. The summed E-state index contributed by atoms with van der Waals surface area (Å²) in [7, 11) is 0. The van der Waals surface area contributed by atoms with Crippen LogP contribution in [0.15, 0.2) is 12.5 Å². The minimum Gasteiger partial charge on any atom is -0.480 e. The lowest BCUT2D eigenvalue weighted by atomic mass is 9.99. The maximum Gasteiger partial charge on any atom is 0.326 e. The summed E-state index contributed by atoms with van der Waals surface area (Å²) in [6, 6.07) is -3.84. The molecule has 5 unspecified atom stereocenters. The molecule has 0 aliphatic heterocycles. The number of hydrogen-bond donors (Lipinski definition) is 6. The first-order valence-corrected chi connectivity index (χ1v) is 9.43. The average Bonchev–Trinajstić information content (AvgIpc) is 3.17. The molecular weight excluding hydrogens is 380 g/mol. The Labute approximate surface area is 169 Å². The van der Waals surface area contributed by atoms with Crippen LogP contribution >= 0.6 is 0 Å². The maximum absolute atomic E-state index is 12.3. The van der Waals surface area contributed by atoms with Gasteiger partial charge in [-0.25, -0.2) is 9.78 Å². The summed E-state index contributed by atoms with van der Waals surface area (Å²) in [5.41, 5.74) is 6.50. The van der Waals surface area contributed by atoms with Gasteiger partial charge < -0.3 is 31.8 Å². The van der Waals surface area contributed by atoms with Crippen molar-refractivity contribution in [3.05, 3.63) is 18.2 Å². The van der Waals surface area contributed by atoms with E-state index in [0.717, 1.165) is 0 Å². The molecule has 1 rings (SSSR count). The summed E-state index contributed by atoms with van der Waals surface area (Å²) in [6.07, 6.45) is 3.82. The Hall–Kier alpha value is -2.95. The fourth-order valence-corrected chi connectivity index (χ4v) is 2.48. The monoisotopic (exact) mass is 410 g/mol. The van der Waals surface area contributed by atoms with Gasteiger partial charge in [0.2, 0.25) is 17.7 Å². The summed E-state index contributed by atoms with van der Waals surface area (Å²) in [5, 5.41) is 16.6. The summed E-state index contributed by atoms with van der Waals surface area (Å²) in [4.78, 5) is 54.6. The van der Waals surface area contributed by atoms with Crippen molar-refractivity contribution < 1.29 is 24.3 Å². The number of carboxylic acid groups (broad SMARTS) is 1. The van der Waals surface area contributed by atoms with E-state index in [0.29, 0.717) is 12.1 Å². The molecular formula is C18H30N6O5. The number of carbonyl (C=O) groups is 4. The van der Waals surface area contributed by atoms with Crippen LogP contribution in [-0.2, 0) is 25.6 Å². The predicted octanol–water partition coefficient (Wildman–Crippen LogP) is -1.10. The number of H-pyrrole nitrogens is 1. The Bertz CT molecular complexity index is 708. The van der Waals surface area contributed by atoms with Gasteiger partial charge in [0, 0.05) is 18.3 Å². The van der Waals surface area contributed by atoms with E-state index in [1.165, 1.54) is 20.2 Å². The predicted molar refractivity (Wildman–Crippen MR) is 104 cm³/mol. The first-order chi connectivity index (χ1) is 13.6. The molecule has 5 atom stereocenters. The zero-order valence-corrected chi connectivity index (χ0v) is 17.1. The molecule has 0 bridgehead atoms. The second kappa shape index (κ2) is 11.1. The normalized spacial score (nSPS) is 16.0. The highest BCUT2D eigenvalue weighted by Gasteiger charge is 2.29. The standard InChI is InChI=1S/C18H30N6O5/c1-5-9(2)14(18(28)29)24-16(26)11(4)22-15(25)10(3)23-17(27)13(19)6-12-7-20-8-21-12/h7-11,13-14H,5-6,19H2,1-4H3,(H,20,21)(H,22,25)(H,23,27)(H,24,26)(H,28,29). The van der Waals surface area contributed by atoms with Crippen molar-refractivity contribution in [1.29, 1.82) is 0 Å². The first-order valence-electron chi connectivity index (χ1n) is 9.43. The SMILES string of the molecule is CCC(C)C(NC(=O)C(C)NC(=O)C(C)NC(=O)C(N)Cc1cnc[nH]1)C(=O)O. The second-order valence-electron chi connectivity index (χ2n) is 7.06. The lowest BCUT2D eigenvalue weighted by Crippen LogP contribution is -2.56. The van der Waals surface area contributed by atoms with E-state index in [2.05, 4.69) is 25.9 Å². The van der Waals surface area contributed by atoms with Crippen molar-refractivity contribution in [1.82, 2.24) is 25.9 Å². The molecule has 11 heteroatoms. The molecule has 29 heavy (non-hydrogen) atoms. The van der Waals surface area contributed by atoms with E-state index < -0.39 is 47.9 Å². The largest absolute Gasteiger partial charge is 0.480 e. The van der Waals surface area contributed by atoms with Crippen LogP contribution in [0, 0.1) is 5.92 Å². The molecule has 3 amide bonds. The number of carboxylic acids is 1. The van der Waals surface area contributed by atoms with Gasteiger partial charge in [0.1, 0.15) is 18.1 Å². The van der Waals surface area contributed by atoms with Crippen LogP contribution in [0.25, 0.3) is 0 Å². The quantitative estimate of drug-likeness (QED) is 0.268. The van der Waals surface area contributed by atoms with Crippen LogP contribution in [0.4, 0.5) is 0 Å². The Morgan fingerprint density at radius 3 is 2.10 bits per heavy atom. The van der Waals surface area contributed by atoms with Crippen molar-refractivity contribution in [2.45, 2.75) is 64.7 Å². The molecule has 0 fully saturated rings. The van der Waals surface area contributed by atoms with Crippen molar-refractivity contribution in [2.75, 3.05) is 0 Å². The van der Waals surface area contributed by atoms with Crippen LogP contribution in [-0.4, -0.2) is 62.9 Å². The van der Waals surface area contributed by atoms with Crippen LogP contribution in [0.3, 0.4) is 0 Å². The summed E-state index contributed by atoms with van der Waals surface area (Å²) in [6.45, 7) is 6.42. The maximum atomic E-state index is 12.3. The Kier molecular flexibility index (Phi) is 9.26. The minimum atomic E-state index is -1.14. The van der Waals surface area contributed by atoms with Gasteiger partial charge in [-0.2, -0.15) is 0 Å². The molecule has 7 N–H and O–H groups in total. The van der Waals surface area contributed by atoms with Gasteiger partial charge >= 0.3 is 5.97 Å². The van der Waals surface area contributed by atoms with E-state index >= 15 is 0 Å². The van der Waals surface area contributed by atoms with Crippen molar-refractivity contribution >= 4 is 23.7 Å². The number of carbonyl (C=O) groups excluding carboxylic acids is 3. The van der Waals surface area contributed by atoms with Gasteiger partial charge in [-0.05, 0) is 19.8 Å². The third kappa shape index (κ3) is 7.53. The van der Waals surface area contributed by atoms with Crippen molar-refractivity contribution in [2.24, 2.45) is 11.7 Å². The number of amides is 3. The smallest absolute Gasteiger partial charge is 0.326 e. The van der Waals surface area contributed by atoms with Crippen molar-refractivity contribution in [3.63, 3.8) is 0 Å². The molecule has 1 aromatic rings. The number of nitrogens with one attached hydrogen (secondary N) is 4. The third-order valence-corrected chi connectivity index (χ3v) is 4.61. The zero-order chi connectivity index (χ0) is 22.1. The molecule has 0 aliphatic carbocycles. The topological polar surface area (TPSA) is 179 Å². The van der Waals surface area contributed by atoms with Crippen LogP contribution in [0.1, 0.15) is 39.8 Å². The highest BCUT2D eigenvalue weighted by Crippen LogP contribution is 2.08. The molecule has 0 aliphatic rings. The first kappa shape index (κ1) is 24.1. The molecule has 162 valence electrons. The van der Waals surface area contributed by atoms with Gasteiger partial charge in [-0.15, -0.1) is 0 Å². The molecule has 11 nitrogen and oxygen atoms in total. The summed E-state index contributed by atoms with van der Waals surface area (Å²) in [5.74, 6) is -3.15. The molecule has 1 heterocycles. The van der Waals surface area contributed by atoms with Gasteiger partial charge in [0.05, 0.1) is 12.4 Å². The summed E-state index contributed by atoms with van der Waals surface area (Å²) >= 11 is 0. The van der Waals surface area contributed by atoms with Gasteiger partial charge in [0.25, 0.3) is 0 Å². The number of aromatic nitrogens is 2. The van der Waals surface area contributed by atoms with E-state index in [9.17, 15) is 24.3 Å². The molecule has 0 radical (unpaired) electrons. The van der Waals surface area contributed by atoms with Crippen LogP contribution < -0.4 is 21.7 Å². The number of rotatable bonds is 11. The van der Waals surface area contributed by atoms with E-state index in [1.807, 2.05) is 6.92 Å². The van der Waals surface area contributed by atoms with Crippen LogP contribution in [0.5, 0.6) is 0 Å². The number of aromatic amines is 1. The zero-order valence-electron chi connectivity index (χ0n) is 17.1. The highest BCUT2D eigenvalue weighted by molar-refractivity contribution is 5.93. The molecule has 0 saturated carbocycles. The Morgan fingerprint density at radius 1 is 1.07 bits per heavy atom. The fraction of sp³-hybridized carbons (Fsp3) is 0.611. The number of aliphatic carboxylic acids is 1. The van der Waals surface area contributed by atoms with E-state index in [-0.39, 0.29) is 12.3 Å². The van der Waals surface area contributed by atoms with Crippen LogP contribution in [0.2, 0.25) is 0 Å². The number of nitrogens with zero attached hydrogens (tertiary/aromatic N) is 1. The van der Waals surface area contributed by atoms with E-state index in [1.54, 1.807) is 13.1 Å². The van der Waals surface area contributed by atoms with Gasteiger partial charge in [-0.1, -0.05) is 20.3 Å². The lowest BCUT2D eigenvalue weighted by molar-refractivity contribution is -0.143. The van der Waals surface area contributed by atoms with Crippen molar-refractivity contribution in [3.8, 4) is 0 Å². The lowest BCUT2D eigenvalue weighted by Gasteiger charge is -2.23. The van der Waals surface area contributed by atoms with Gasteiger partial charge in [0.15, 0.2) is 0 Å². The van der Waals surface area contributed by atoms with E-state index in [4.69, 9.17) is 5.73 Å². The fourth-order valence-electron chi connectivity index (χ4n) is 2.48. The van der Waals surface area contributed by atoms with Gasteiger partial charge in [-0.3, -0.25) is 14.4 Å². The number of nitrogens with two attached hydrogens (primary N) is 1. The Morgan fingerprint density at radius 2 is 1.62 bits per heavy atom. The number of imidazole rings is 1. The average molecular weight is 410 g/mol. The number of hydrogen-bond acceptors (Lipinski definition) is 6. The highest BCUT2D eigenvalue weighted by atomic mass is 16.4. The minimum absolute atomic E-state index is 0.227. The molecule has 0 saturated heterocycles. The molecule has 0 spiro atoms. The molecule has 1 aromatic heterocycles.